The van der Waals surface area contributed by atoms with Crippen LogP contribution in [0.1, 0.15) is 16.7 Å². The summed E-state index contributed by atoms with van der Waals surface area (Å²) in [4.78, 5) is 27.1. The summed E-state index contributed by atoms with van der Waals surface area (Å²) in [6.45, 7) is 1.58. The standard InChI is InChI=1S/C19H16N2O6/c1-11-14(5-4-6-16(11)21(23)24)18-20-15(19(22)27-18)10-12-9-13(25-2)7-8-17(12)26-3/h4-10H,1-3H3/b15-10+. The van der Waals surface area contributed by atoms with Crippen LogP contribution in [0.4, 0.5) is 5.69 Å². The molecule has 1 heterocycles. The van der Waals surface area contributed by atoms with E-state index in [9.17, 15) is 14.9 Å². The maximum atomic E-state index is 12.2. The van der Waals surface area contributed by atoms with Gasteiger partial charge in [0.25, 0.3) is 5.69 Å². The van der Waals surface area contributed by atoms with Crippen LogP contribution >= 0.6 is 0 Å². The third-order valence-corrected chi connectivity index (χ3v) is 4.08. The Hall–Kier alpha value is -3.68. The molecule has 0 atom stereocenters. The van der Waals surface area contributed by atoms with Crippen LogP contribution < -0.4 is 9.47 Å². The van der Waals surface area contributed by atoms with E-state index >= 15 is 0 Å². The minimum atomic E-state index is -0.652. The number of aliphatic imine (C=N–C) groups is 1. The molecule has 0 amide bonds. The molecule has 0 aliphatic carbocycles. The van der Waals surface area contributed by atoms with Crippen molar-refractivity contribution in [2.24, 2.45) is 4.99 Å². The lowest BCUT2D eigenvalue weighted by atomic mass is 10.1. The van der Waals surface area contributed by atoms with Crippen LogP contribution in [-0.2, 0) is 9.53 Å². The molecule has 8 nitrogen and oxygen atoms in total. The first-order valence-electron chi connectivity index (χ1n) is 7.93. The first-order valence-corrected chi connectivity index (χ1v) is 7.93. The number of rotatable bonds is 5. The quantitative estimate of drug-likeness (QED) is 0.347. The minimum absolute atomic E-state index is 0.0225. The molecular formula is C19H16N2O6. The van der Waals surface area contributed by atoms with Gasteiger partial charge in [0.05, 0.1) is 19.1 Å². The van der Waals surface area contributed by atoms with Gasteiger partial charge < -0.3 is 14.2 Å². The lowest BCUT2D eigenvalue weighted by Crippen LogP contribution is -2.08. The topological polar surface area (TPSA) is 100 Å². The fourth-order valence-corrected chi connectivity index (χ4v) is 2.68. The fourth-order valence-electron chi connectivity index (χ4n) is 2.68. The van der Waals surface area contributed by atoms with E-state index < -0.39 is 10.9 Å². The Morgan fingerprint density at radius 1 is 1.19 bits per heavy atom. The molecule has 0 N–H and O–H groups in total. The Balaban J connectivity index is 2.04. The van der Waals surface area contributed by atoms with Gasteiger partial charge in [-0.2, -0.15) is 0 Å². The molecule has 0 fully saturated rings. The van der Waals surface area contributed by atoms with Gasteiger partial charge in [-0.15, -0.1) is 0 Å². The maximum Gasteiger partial charge on any atom is 0.363 e. The van der Waals surface area contributed by atoms with Crippen molar-refractivity contribution in [1.82, 2.24) is 0 Å². The Bertz CT molecular complexity index is 994. The summed E-state index contributed by atoms with van der Waals surface area (Å²) in [6.07, 6.45) is 1.52. The van der Waals surface area contributed by atoms with Crippen molar-refractivity contribution in [3.8, 4) is 11.5 Å². The van der Waals surface area contributed by atoms with Gasteiger partial charge in [-0.3, -0.25) is 10.1 Å². The van der Waals surface area contributed by atoms with Crippen LogP contribution in [0.2, 0.25) is 0 Å². The first kappa shape index (κ1) is 18.1. The Labute approximate surface area is 154 Å². The molecule has 8 heteroatoms. The predicted molar refractivity (Wildman–Crippen MR) is 98.0 cm³/mol. The maximum absolute atomic E-state index is 12.2. The van der Waals surface area contributed by atoms with Crippen molar-refractivity contribution in [2.75, 3.05) is 14.2 Å². The van der Waals surface area contributed by atoms with Crippen molar-refractivity contribution in [3.63, 3.8) is 0 Å². The van der Waals surface area contributed by atoms with Crippen LogP contribution in [0.3, 0.4) is 0 Å². The van der Waals surface area contributed by atoms with Crippen molar-refractivity contribution >= 4 is 23.6 Å². The van der Waals surface area contributed by atoms with Crippen LogP contribution in [0, 0.1) is 17.0 Å². The summed E-state index contributed by atoms with van der Waals surface area (Å²) in [5, 5.41) is 11.1. The highest BCUT2D eigenvalue weighted by Crippen LogP contribution is 2.29. The van der Waals surface area contributed by atoms with Crippen molar-refractivity contribution in [2.45, 2.75) is 6.92 Å². The number of benzene rings is 2. The van der Waals surface area contributed by atoms with Gasteiger partial charge >= 0.3 is 5.97 Å². The highest BCUT2D eigenvalue weighted by molar-refractivity contribution is 6.13. The molecule has 0 radical (unpaired) electrons. The number of esters is 1. The zero-order chi connectivity index (χ0) is 19.6. The molecule has 0 saturated carbocycles. The van der Waals surface area contributed by atoms with E-state index in [1.54, 1.807) is 31.2 Å². The summed E-state index contributed by atoms with van der Waals surface area (Å²) >= 11 is 0. The van der Waals surface area contributed by atoms with Crippen LogP contribution in [0.15, 0.2) is 47.1 Å². The molecule has 2 aromatic carbocycles. The van der Waals surface area contributed by atoms with Crippen LogP contribution in [0.5, 0.6) is 11.5 Å². The zero-order valence-electron chi connectivity index (χ0n) is 14.9. The van der Waals surface area contributed by atoms with Gasteiger partial charge in [0.1, 0.15) is 11.5 Å². The van der Waals surface area contributed by atoms with Crippen LogP contribution in [0.25, 0.3) is 6.08 Å². The molecule has 0 bridgehead atoms. The molecule has 0 unspecified atom stereocenters. The Kier molecular flexibility index (Phi) is 4.89. The molecule has 3 rings (SSSR count). The second-order valence-electron chi connectivity index (χ2n) is 5.65. The van der Waals surface area contributed by atoms with Gasteiger partial charge in [0, 0.05) is 22.8 Å². The number of methoxy groups -OCH3 is 2. The average molecular weight is 368 g/mol. The van der Waals surface area contributed by atoms with Crippen molar-refractivity contribution in [3.05, 3.63) is 68.9 Å². The normalized spacial score (nSPS) is 14.7. The third-order valence-electron chi connectivity index (χ3n) is 4.08. The van der Waals surface area contributed by atoms with E-state index in [4.69, 9.17) is 14.2 Å². The van der Waals surface area contributed by atoms with Crippen molar-refractivity contribution in [1.29, 1.82) is 0 Å². The summed E-state index contributed by atoms with van der Waals surface area (Å²) in [5.74, 6) is 0.495. The van der Waals surface area contributed by atoms with Crippen molar-refractivity contribution < 1.29 is 23.9 Å². The predicted octanol–water partition coefficient (Wildman–Crippen LogP) is 3.26. The van der Waals surface area contributed by atoms with Gasteiger partial charge in [-0.05, 0) is 37.3 Å². The molecule has 0 saturated heterocycles. The molecule has 0 spiro atoms. The number of nitrogens with zero attached hydrogens (tertiary/aromatic N) is 2. The SMILES string of the molecule is COc1ccc(OC)c(/C=C2/N=C(c3cccc([N+](=O)[O-])c3C)OC2=O)c1. The fraction of sp³-hybridized carbons (Fsp3) is 0.158. The monoisotopic (exact) mass is 368 g/mol. The Morgan fingerprint density at radius 3 is 2.63 bits per heavy atom. The number of carbonyl (C=O) groups is 1. The zero-order valence-corrected chi connectivity index (χ0v) is 14.9. The highest BCUT2D eigenvalue weighted by Gasteiger charge is 2.27. The molecule has 27 heavy (non-hydrogen) atoms. The number of hydrogen-bond donors (Lipinski definition) is 0. The van der Waals surface area contributed by atoms with E-state index in [1.165, 1.54) is 32.4 Å². The number of ether oxygens (including phenoxy) is 3. The molecule has 138 valence electrons. The molecule has 1 aliphatic heterocycles. The lowest BCUT2D eigenvalue weighted by molar-refractivity contribution is -0.385. The third kappa shape index (κ3) is 3.50. The molecule has 0 aromatic heterocycles. The summed E-state index contributed by atoms with van der Waals surface area (Å²) < 4.78 is 15.7. The van der Waals surface area contributed by atoms with E-state index in [0.29, 0.717) is 28.2 Å². The van der Waals surface area contributed by atoms with Gasteiger partial charge in [0.15, 0.2) is 5.70 Å². The number of cyclic esters (lactones) is 1. The second-order valence-corrected chi connectivity index (χ2v) is 5.65. The Morgan fingerprint density at radius 2 is 1.96 bits per heavy atom. The van der Waals surface area contributed by atoms with Gasteiger partial charge in [0.2, 0.25) is 5.90 Å². The molecular weight excluding hydrogens is 352 g/mol. The first-order chi connectivity index (χ1) is 12.9. The number of hydrogen-bond acceptors (Lipinski definition) is 7. The molecule has 1 aliphatic rings. The van der Waals surface area contributed by atoms with E-state index in [0.717, 1.165) is 0 Å². The van der Waals surface area contributed by atoms with Gasteiger partial charge in [-0.25, -0.2) is 9.79 Å². The molecule has 2 aromatic rings. The van der Waals surface area contributed by atoms with E-state index in [1.807, 2.05) is 0 Å². The lowest BCUT2D eigenvalue weighted by Gasteiger charge is -2.07. The largest absolute Gasteiger partial charge is 0.497 e. The minimum Gasteiger partial charge on any atom is -0.497 e. The summed E-state index contributed by atoms with van der Waals surface area (Å²) in [6, 6.07) is 9.65. The van der Waals surface area contributed by atoms with Gasteiger partial charge in [-0.1, -0.05) is 6.07 Å². The summed E-state index contributed by atoms with van der Waals surface area (Å²) in [5.41, 5.74) is 1.33. The van der Waals surface area contributed by atoms with E-state index in [-0.39, 0.29) is 17.3 Å². The second kappa shape index (κ2) is 7.28. The number of nitro benzene ring substituents is 1. The number of carbonyl (C=O) groups excluding carboxylic acids is 1. The average Bonchev–Trinajstić information content (AvgIpc) is 3.01. The van der Waals surface area contributed by atoms with Crippen LogP contribution in [-0.4, -0.2) is 31.0 Å². The summed E-state index contributed by atoms with van der Waals surface area (Å²) in [7, 11) is 3.04. The number of nitro groups is 1. The highest BCUT2D eigenvalue weighted by atomic mass is 16.6. The van der Waals surface area contributed by atoms with E-state index in [2.05, 4.69) is 4.99 Å². The smallest absolute Gasteiger partial charge is 0.363 e.